The van der Waals surface area contributed by atoms with E-state index in [1.807, 2.05) is 12.1 Å². The Hall–Kier alpha value is -1.06. The fourth-order valence-electron chi connectivity index (χ4n) is 1.10. The van der Waals surface area contributed by atoms with Gasteiger partial charge in [0.05, 0.1) is 0 Å². The van der Waals surface area contributed by atoms with Crippen LogP contribution < -0.4 is 5.73 Å². The molecular formula is C10H12ClNO2. The summed E-state index contributed by atoms with van der Waals surface area (Å²) in [5, 5.41) is 9.24. The summed E-state index contributed by atoms with van der Waals surface area (Å²) in [4.78, 5) is 10.4. The zero-order valence-corrected chi connectivity index (χ0v) is 8.37. The molecule has 0 aliphatic heterocycles. The molecule has 3 nitrogen and oxygen atoms in total. The second-order valence-corrected chi connectivity index (χ2v) is 3.55. The molecule has 0 saturated heterocycles. The molecule has 0 heterocycles. The maximum Gasteiger partial charge on any atom is 0.320 e. The molecule has 4 heteroatoms. The van der Waals surface area contributed by atoms with E-state index in [1.54, 1.807) is 12.1 Å². The van der Waals surface area contributed by atoms with Crippen molar-refractivity contribution in [1.29, 1.82) is 0 Å². The lowest BCUT2D eigenvalue weighted by atomic mass is 10.1. The van der Waals surface area contributed by atoms with Gasteiger partial charge in [-0.25, -0.2) is 0 Å². The molecule has 0 aromatic heterocycles. The number of carbonyl (C=O) groups is 1. The quantitative estimate of drug-likeness (QED) is 0.800. The van der Waals surface area contributed by atoms with Gasteiger partial charge in [0.25, 0.3) is 0 Å². The average molecular weight is 214 g/mol. The minimum Gasteiger partial charge on any atom is -0.480 e. The van der Waals surface area contributed by atoms with E-state index in [-0.39, 0.29) is 0 Å². The van der Waals surface area contributed by atoms with Crippen molar-refractivity contribution in [2.75, 3.05) is 0 Å². The zero-order valence-electron chi connectivity index (χ0n) is 7.61. The SMILES string of the molecule is NC(CCc1ccc(Cl)cc1)C(=O)O. The van der Waals surface area contributed by atoms with Gasteiger partial charge in [-0.2, -0.15) is 0 Å². The highest BCUT2D eigenvalue weighted by Crippen LogP contribution is 2.11. The van der Waals surface area contributed by atoms with Crippen LogP contribution in [0.1, 0.15) is 12.0 Å². The molecular weight excluding hydrogens is 202 g/mol. The van der Waals surface area contributed by atoms with Gasteiger partial charge in [0.1, 0.15) is 6.04 Å². The molecule has 1 atom stereocenters. The monoisotopic (exact) mass is 213 g/mol. The smallest absolute Gasteiger partial charge is 0.320 e. The van der Waals surface area contributed by atoms with Crippen molar-refractivity contribution in [3.05, 3.63) is 34.9 Å². The van der Waals surface area contributed by atoms with Crippen molar-refractivity contribution in [2.45, 2.75) is 18.9 Å². The fraction of sp³-hybridized carbons (Fsp3) is 0.300. The topological polar surface area (TPSA) is 63.3 Å². The first-order chi connectivity index (χ1) is 6.59. The maximum absolute atomic E-state index is 10.4. The van der Waals surface area contributed by atoms with Gasteiger partial charge < -0.3 is 10.8 Å². The summed E-state index contributed by atoms with van der Waals surface area (Å²) in [5.74, 6) is -0.959. The van der Waals surface area contributed by atoms with Crippen LogP contribution in [0.15, 0.2) is 24.3 Å². The summed E-state index contributed by atoms with van der Waals surface area (Å²) < 4.78 is 0. The molecule has 3 N–H and O–H groups in total. The zero-order chi connectivity index (χ0) is 10.6. The molecule has 0 bridgehead atoms. The number of rotatable bonds is 4. The van der Waals surface area contributed by atoms with Gasteiger partial charge in [-0.1, -0.05) is 23.7 Å². The molecule has 1 aromatic rings. The van der Waals surface area contributed by atoms with Gasteiger partial charge in [-0.3, -0.25) is 4.79 Å². The van der Waals surface area contributed by atoms with Crippen molar-refractivity contribution < 1.29 is 9.90 Å². The number of hydrogen-bond donors (Lipinski definition) is 2. The first kappa shape index (κ1) is 11.0. The Morgan fingerprint density at radius 1 is 1.43 bits per heavy atom. The third kappa shape index (κ3) is 3.36. The number of halogens is 1. The Morgan fingerprint density at radius 2 is 2.00 bits per heavy atom. The van der Waals surface area contributed by atoms with Crippen LogP contribution in [0.2, 0.25) is 5.02 Å². The Kier molecular flexibility index (Phi) is 3.92. The Balaban J connectivity index is 2.46. The fourth-order valence-corrected chi connectivity index (χ4v) is 1.22. The van der Waals surface area contributed by atoms with Gasteiger partial charge >= 0.3 is 5.97 Å². The van der Waals surface area contributed by atoms with E-state index in [0.717, 1.165) is 5.56 Å². The van der Waals surface area contributed by atoms with Gasteiger partial charge in [0.15, 0.2) is 0 Å². The van der Waals surface area contributed by atoms with E-state index in [9.17, 15) is 4.79 Å². The van der Waals surface area contributed by atoms with Crippen molar-refractivity contribution in [1.82, 2.24) is 0 Å². The normalized spacial score (nSPS) is 12.4. The Bertz CT molecular complexity index is 310. The Labute approximate surface area is 87.5 Å². The summed E-state index contributed by atoms with van der Waals surface area (Å²) in [6, 6.07) is 6.52. The second-order valence-electron chi connectivity index (χ2n) is 3.11. The molecule has 0 radical (unpaired) electrons. The highest BCUT2D eigenvalue weighted by molar-refractivity contribution is 6.30. The van der Waals surface area contributed by atoms with Gasteiger partial charge in [0, 0.05) is 5.02 Å². The number of aryl methyl sites for hydroxylation is 1. The number of benzene rings is 1. The first-order valence-corrected chi connectivity index (χ1v) is 4.70. The molecule has 76 valence electrons. The average Bonchev–Trinajstić information content (AvgIpc) is 2.16. The molecule has 14 heavy (non-hydrogen) atoms. The molecule has 0 aliphatic carbocycles. The molecule has 1 aromatic carbocycles. The highest BCUT2D eigenvalue weighted by Gasteiger charge is 2.10. The summed E-state index contributed by atoms with van der Waals surface area (Å²) in [7, 11) is 0. The van der Waals surface area contributed by atoms with Crippen LogP contribution in [0.25, 0.3) is 0 Å². The lowest BCUT2D eigenvalue weighted by Gasteiger charge is -2.05. The van der Waals surface area contributed by atoms with Crippen LogP contribution in [-0.4, -0.2) is 17.1 Å². The molecule has 0 fully saturated rings. The molecule has 0 amide bonds. The third-order valence-corrected chi connectivity index (χ3v) is 2.23. The van der Waals surface area contributed by atoms with E-state index < -0.39 is 12.0 Å². The summed E-state index contributed by atoms with van der Waals surface area (Å²) in [6.45, 7) is 0. The van der Waals surface area contributed by atoms with Crippen molar-refractivity contribution >= 4 is 17.6 Å². The Morgan fingerprint density at radius 3 is 2.50 bits per heavy atom. The van der Waals surface area contributed by atoms with Crippen molar-refractivity contribution in [3.8, 4) is 0 Å². The van der Waals surface area contributed by atoms with Crippen molar-refractivity contribution in [3.63, 3.8) is 0 Å². The second kappa shape index (κ2) is 4.98. The van der Waals surface area contributed by atoms with Crippen LogP contribution >= 0.6 is 11.6 Å². The van der Waals surface area contributed by atoms with E-state index >= 15 is 0 Å². The van der Waals surface area contributed by atoms with Gasteiger partial charge in [0.2, 0.25) is 0 Å². The lowest BCUT2D eigenvalue weighted by Crippen LogP contribution is -2.30. The predicted octanol–water partition coefficient (Wildman–Crippen LogP) is 1.68. The summed E-state index contributed by atoms with van der Waals surface area (Å²) >= 11 is 5.71. The lowest BCUT2D eigenvalue weighted by molar-refractivity contribution is -0.138. The standard InChI is InChI=1S/C10H12ClNO2/c11-8-4-1-7(2-5-8)3-6-9(12)10(13)14/h1-2,4-5,9H,3,6,12H2,(H,13,14). The predicted molar refractivity (Wildman–Crippen MR) is 55.4 cm³/mol. The number of hydrogen-bond acceptors (Lipinski definition) is 2. The van der Waals surface area contributed by atoms with Gasteiger partial charge in [-0.15, -0.1) is 0 Å². The van der Waals surface area contributed by atoms with Gasteiger partial charge in [-0.05, 0) is 30.5 Å². The van der Waals surface area contributed by atoms with E-state index in [0.29, 0.717) is 17.9 Å². The number of carboxylic acid groups (broad SMARTS) is 1. The molecule has 1 rings (SSSR count). The van der Waals surface area contributed by atoms with Crippen LogP contribution in [0.4, 0.5) is 0 Å². The maximum atomic E-state index is 10.4. The van der Waals surface area contributed by atoms with Crippen LogP contribution in [-0.2, 0) is 11.2 Å². The number of nitrogens with two attached hydrogens (primary N) is 1. The van der Waals surface area contributed by atoms with Crippen LogP contribution in [0.5, 0.6) is 0 Å². The van der Waals surface area contributed by atoms with E-state index in [4.69, 9.17) is 22.4 Å². The number of aliphatic carboxylic acids is 1. The van der Waals surface area contributed by atoms with E-state index in [1.165, 1.54) is 0 Å². The molecule has 1 unspecified atom stereocenters. The van der Waals surface area contributed by atoms with E-state index in [2.05, 4.69) is 0 Å². The largest absolute Gasteiger partial charge is 0.480 e. The number of carboxylic acids is 1. The molecule has 0 saturated carbocycles. The summed E-state index contributed by atoms with van der Waals surface area (Å²) in [6.07, 6.45) is 1.10. The minimum absolute atomic E-state index is 0.441. The molecule has 0 aliphatic rings. The summed E-state index contributed by atoms with van der Waals surface area (Å²) in [5.41, 5.74) is 6.42. The minimum atomic E-state index is -0.959. The van der Waals surface area contributed by atoms with Crippen LogP contribution in [0, 0.1) is 0 Å². The highest BCUT2D eigenvalue weighted by atomic mass is 35.5. The molecule has 0 spiro atoms. The van der Waals surface area contributed by atoms with Crippen LogP contribution in [0.3, 0.4) is 0 Å². The third-order valence-electron chi connectivity index (χ3n) is 1.97. The first-order valence-electron chi connectivity index (χ1n) is 4.32. The van der Waals surface area contributed by atoms with Crippen molar-refractivity contribution in [2.24, 2.45) is 5.73 Å².